The minimum atomic E-state index is 0.929. The van der Waals surface area contributed by atoms with Crippen molar-refractivity contribution >= 4 is 16.7 Å². The van der Waals surface area contributed by atoms with E-state index in [-0.39, 0.29) is 0 Å². The lowest BCUT2D eigenvalue weighted by Gasteiger charge is -2.05. The van der Waals surface area contributed by atoms with Crippen molar-refractivity contribution in [3.8, 4) is 0 Å². The molecule has 0 unspecified atom stereocenters. The van der Waals surface area contributed by atoms with E-state index in [1.165, 1.54) is 10.9 Å². The first-order valence-electron chi connectivity index (χ1n) is 4.91. The molecule has 2 heteroatoms. The van der Waals surface area contributed by atoms with Crippen LogP contribution in [0.4, 0.5) is 5.82 Å². The van der Waals surface area contributed by atoms with E-state index in [1.54, 1.807) is 0 Å². The number of aromatic nitrogens is 1. The van der Waals surface area contributed by atoms with Crippen LogP contribution in [-0.4, -0.2) is 12.0 Å². The second kappa shape index (κ2) is 3.66. The van der Waals surface area contributed by atoms with Gasteiger partial charge in [-0.05, 0) is 24.1 Å². The normalized spacial score (nSPS) is 10.4. The highest BCUT2D eigenvalue weighted by atomic mass is 15.0. The van der Waals surface area contributed by atoms with E-state index in [9.17, 15) is 0 Å². The molecule has 2 aromatic rings. The SMILES string of the molecule is CCc1cccc2ccc(NC)nc12. The topological polar surface area (TPSA) is 24.9 Å². The molecule has 0 spiro atoms. The Morgan fingerprint density at radius 1 is 1.21 bits per heavy atom. The van der Waals surface area contributed by atoms with Crippen LogP contribution in [0.3, 0.4) is 0 Å². The van der Waals surface area contributed by atoms with Gasteiger partial charge in [0.2, 0.25) is 0 Å². The molecule has 14 heavy (non-hydrogen) atoms. The van der Waals surface area contributed by atoms with Crippen LogP contribution in [0.15, 0.2) is 30.3 Å². The van der Waals surface area contributed by atoms with E-state index in [0.29, 0.717) is 0 Å². The van der Waals surface area contributed by atoms with Gasteiger partial charge in [0, 0.05) is 12.4 Å². The summed E-state index contributed by atoms with van der Waals surface area (Å²) in [6, 6.07) is 10.4. The average Bonchev–Trinajstić information content (AvgIpc) is 2.27. The number of rotatable bonds is 2. The fourth-order valence-electron chi connectivity index (χ4n) is 1.63. The first kappa shape index (κ1) is 9.00. The van der Waals surface area contributed by atoms with E-state index in [2.05, 4.69) is 41.5 Å². The number of anilines is 1. The van der Waals surface area contributed by atoms with E-state index in [1.807, 2.05) is 13.1 Å². The number of pyridine rings is 1. The third kappa shape index (κ3) is 1.43. The van der Waals surface area contributed by atoms with Gasteiger partial charge in [-0.3, -0.25) is 0 Å². The molecule has 1 aromatic heterocycles. The molecule has 1 aromatic carbocycles. The zero-order chi connectivity index (χ0) is 9.97. The van der Waals surface area contributed by atoms with Crippen molar-refractivity contribution in [2.75, 3.05) is 12.4 Å². The Balaban J connectivity index is 2.70. The van der Waals surface area contributed by atoms with Crippen molar-refractivity contribution in [2.45, 2.75) is 13.3 Å². The van der Waals surface area contributed by atoms with E-state index >= 15 is 0 Å². The molecule has 1 heterocycles. The number of nitrogens with zero attached hydrogens (tertiary/aromatic N) is 1. The fraction of sp³-hybridized carbons (Fsp3) is 0.250. The lowest BCUT2D eigenvalue weighted by Crippen LogP contribution is -1.94. The summed E-state index contributed by atoms with van der Waals surface area (Å²) in [6.07, 6.45) is 1.03. The molecule has 0 amide bonds. The lowest BCUT2D eigenvalue weighted by atomic mass is 10.1. The molecule has 0 bridgehead atoms. The zero-order valence-electron chi connectivity index (χ0n) is 8.54. The Bertz CT molecular complexity index is 449. The molecule has 0 aliphatic carbocycles. The number of aryl methyl sites for hydroxylation is 1. The molecule has 0 saturated heterocycles. The summed E-state index contributed by atoms with van der Waals surface area (Å²) in [5.74, 6) is 0.929. The Labute approximate surface area is 84.0 Å². The quantitative estimate of drug-likeness (QED) is 0.780. The number of nitrogens with one attached hydrogen (secondary N) is 1. The van der Waals surface area contributed by atoms with Gasteiger partial charge in [-0.25, -0.2) is 4.98 Å². The van der Waals surface area contributed by atoms with E-state index in [0.717, 1.165) is 17.8 Å². The third-order valence-corrected chi connectivity index (χ3v) is 2.44. The van der Waals surface area contributed by atoms with Crippen LogP contribution >= 0.6 is 0 Å². The van der Waals surface area contributed by atoms with Crippen molar-refractivity contribution in [3.63, 3.8) is 0 Å². The molecule has 2 nitrogen and oxygen atoms in total. The highest BCUT2D eigenvalue weighted by molar-refractivity contribution is 5.83. The van der Waals surface area contributed by atoms with Crippen LogP contribution in [-0.2, 0) is 6.42 Å². The maximum Gasteiger partial charge on any atom is 0.126 e. The summed E-state index contributed by atoms with van der Waals surface area (Å²) in [4.78, 5) is 4.55. The largest absolute Gasteiger partial charge is 0.373 e. The van der Waals surface area contributed by atoms with Crippen molar-refractivity contribution in [1.82, 2.24) is 4.98 Å². The van der Waals surface area contributed by atoms with Gasteiger partial charge in [-0.1, -0.05) is 25.1 Å². The van der Waals surface area contributed by atoms with Crippen LogP contribution in [0.2, 0.25) is 0 Å². The lowest BCUT2D eigenvalue weighted by molar-refractivity contribution is 1.14. The van der Waals surface area contributed by atoms with Crippen molar-refractivity contribution in [1.29, 1.82) is 0 Å². The number of para-hydroxylation sites is 1. The highest BCUT2D eigenvalue weighted by Crippen LogP contribution is 2.19. The van der Waals surface area contributed by atoms with E-state index < -0.39 is 0 Å². The van der Waals surface area contributed by atoms with Gasteiger partial charge in [0.1, 0.15) is 5.82 Å². The average molecular weight is 186 g/mol. The number of hydrogen-bond donors (Lipinski definition) is 1. The maximum absolute atomic E-state index is 4.55. The summed E-state index contributed by atoms with van der Waals surface area (Å²) in [5.41, 5.74) is 2.42. The Hall–Kier alpha value is -1.57. The Morgan fingerprint density at radius 3 is 2.79 bits per heavy atom. The van der Waals surface area contributed by atoms with Crippen molar-refractivity contribution < 1.29 is 0 Å². The zero-order valence-corrected chi connectivity index (χ0v) is 8.54. The smallest absolute Gasteiger partial charge is 0.126 e. The van der Waals surface area contributed by atoms with Gasteiger partial charge >= 0.3 is 0 Å². The number of fused-ring (bicyclic) bond motifs is 1. The van der Waals surface area contributed by atoms with Gasteiger partial charge in [0.15, 0.2) is 0 Å². The Kier molecular flexibility index (Phi) is 2.35. The van der Waals surface area contributed by atoms with Gasteiger partial charge in [-0.15, -0.1) is 0 Å². The van der Waals surface area contributed by atoms with Crippen LogP contribution in [0.25, 0.3) is 10.9 Å². The van der Waals surface area contributed by atoms with Crippen molar-refractivity contribution in [2.24, 2.45) is 0 Å². The van der Waals surface area contributed by atoms with E-state index in [4.69, 9.17) is 0 Å². The summed E-state index contributed by atoms with van der Waals surface area (Å²) in [6.45, 7) is 2.16. The standard InChI is InChI=1S/C12H14N2/c1-3-9-5-4-6-10-7-8-11(13-2)14-12(9)10/h4-8H,3H2,1-2H3,(H,13,14). The van der Waals surface area contributed by atoms with Crippen LogP contribution in [0.1, 0.15) is 12.5 Å². The Morgan fingerprint density at radius 2 is 2.07 bits per heavy atom. The predicted octanol–water partition coefficient (Wildman–Crippen LogP) is 2.84. The first-order chi connectivity index (χ1) is 6.85. The molecular formula is C12H14N2. The molecule has 0 atom stereocenters. The molecule has 72 valence electrons. The number of benzene rings is 1. The molecule has 0 saturated carbocycles. The summed E-state index contributed by atoms with van der Waals surface area (Å²) in [5, 5.41) is 4.27. The molecular weight excluding hydrogens is 172 g/mol. The van der Waals surface area contributed by atoms with Crippen molar-refractivity contribution in [3.05, 3.63) is 35.9 Å². The molecule has 0 radical (unpaired) electrons. The predicted molar refractivity (Wildman–Crippen MR) is 60.7 cm³/mol. The summed E-state index contributed by atoms with van der Waals surface area (Å²) in [7, 11) is 1.89. The maximum atomic E-state index is 4.55. The van der Waals surface area contributed by atoms with Gasteiger partial charge in [0.25, 0.3) is 0 Å². The number of hydrogen-bond acceptors (Lipinski definition) is 2. The minimum absolute atomic E-state index is 0.929. The minimum Gasteiger partial charge on any atom is -0.373 e. The highest BCUT2D eigenvalue weighted by Gasteiger charge is 2.00. The summed E-state index contributed by atoms with van der Waals surface area (Å²) < 4.78 is 0. The summed E-state index contributed by atoms with van der Waals surface area (Å²) >= 11 is 0. The van der Waals surface area contributed by atoms with Gasteiger partial charge in [0.05, 0.1) is 5.52 Å². The van der Waals surface area contributed by atoms with Crippen LogP contribution in [0.5, 0.6) is 0 Å². The second-order valence-electron chi connectivity index (χ2n) is 3.29. The first-order valence-corrected chi connectivity index (χ1v) is 4.91. The molecule has 0 aliphatic heterocycles. The van der Waals surface area contributed by atoms with Gasteiger partial charge < -0.3 is 5.32 Å². The molecule has 1 N–H and O–H groups in total. The fourth-order valence-corrected chi connectivity index (χ4v) is 1.63. The second-order valence-corrected chi connectivity index (χ2v) is 3.29. The van der Waals surface area contributed by atoms with Gasteiger partial charge in [-0.2, -0.15) is 0 Å². The molecule has 0 fully saturated rings. The third-order valence-electron chi connectivity index (χ3n) is 2.44. The van der Waals surface area contributed by atoms with Crippen LogP contribution in [0, 0.1) is 0 Å². The molecule has 0 aliphatic rings. The molecule has 2 rings (SSSR count). The van der Waals surface area contributed by atoms with Crippen LogP contribution < -0.4 is 5.32 Å². The monoisotopic (exact) mass is 186 g/mol.